The van der Waals surface area contributed by atoms with Crippen LogP contribution in [0.25, 0.3) is 0 Å². The highest BCUT2D eigenvalue weighted by atomic mass is 19.3. The molecular formula is C17H21F2NO. The maximum atomic E-state index is 13.9. The summed E-state index contributed by atoms with van der Waals surface area (Å²) in [5.74, 6) is -3.37. The number of aryl methyl sites for hydroxylation is 1. The van der Waals surface area contributed by atoms with Crippen LogP contribution in [0.3, 0.4) is 0 Å². The lowest BCUT2D eigenvalue weighted by Crippen LogP contribution is -2.44. The monoisotopic (exact) mass is 293 g/mol. The van der Waals surface area contributed by atoms with Crippen LogP contribution in [0.2, 0.25) is 0 Å². The van der Waals surface area contributed by atoms with Crippen molar-refractivity contribution in [2.75, 3.05) is 0 Å². The van der Waals surface area contributed by atoms with Crippen molar-refractivity contribution < 1.29 is 13.6 Å². The van der Waals surface area contributed by atoms with E-state index in [0.29, 0.717) is 0 Å². The summed E-state index contributed by atoms with van der Waals surface area (Å²) in [7, 11) is 0. The van der Waals surface area contributed by atoms with Crippen molar-refractivity contribution in [1.29, 1.82) is 0 Å². The van der Waals surface area contributed by atoms with Gasteiger partial charge in [0, 0.05) is 13.0 Å². The van der Waals surface area contributed by atoms with Crippen LogP contribution in [-0.4, -0.2) is 22.8 Å². The fourth-order valence-electron chi connectivity index (χ4n) is 3.81. The summed E-state index contributed by atoms with van der Waals surface area (Å²) in [5, 5.41) is 0. The molecule has 0 N–H and O–H groups in total. The second kappa shape index (κ2) is 4.52. The predicted molar refractivity (Wildman–Crippen MR) is 77.1 cm³/mol. The minimum absolute atomic E-state index is 0.0427. The molecule has 2 nitrogen and oxygen atoms in total. The van der Waals surface area contributed by atoms with Crippen LogP contribution in [0.1, 0.15) is 50.3 Å². The zero-order valence-electron chi connectivity index (χ0n) is 12.7. The number of carbonyl (C=O) groups excluding carboxylic acids is 1. The largest absolute Gasteiger partial charge is 0.332 e. The van der Waals surface area contributed by atoms with Crippen molar-refractivity contribution in [2.24, 2.45) is 5.41 Å². The molecule has 1 aromatic carbocycles. The first kappa shape index (κ1) is 14.5. The molecule has 4 heteroatoms. The number of rotatable bonds is 2. The first-order valence-electron chi connectivity index (χ1n) is 7.51. The molecule has 1 amide bonds. The number of alkyl halides is 2. The Morgan fingerprint density at radius 3 is 2.67 bits per heavy atom. The third-order valence-electron chi connectivity index (χ3n) is 5.25. The van der Waals surface area contributed by atoms with Crippen LogP contribution >= 0.6 is 0 Å². The van der Waals surface area contributed by atoms with Crippen LogP contribution in [0.5, 0.6) is 0 Å². The molecule has 0 aliphatic carbocycles. The molecule has 0 spiro atoms. The van der Waals surface area contributed by atoms with Crippen LogP contribution in [-0.2, 0) is 4.79 Å². The molecule has 0 bridgehead atoms. The van der Waals surface area contributed by atoms with Gasteiger partial charge in [0.25, 0.3) is 5.92 Å². The van der Waals surface area contributed by atoms with Gasteiger partial charge in [0.2, 0.25) is 5.91 Å². The van der Waals surface area contributed by atoms with E-state index in [0.717, 1.165) is 30.9 Å². The summed E-state index contributed by atoms with van der Waals surface area (Å²) in [6.07, 6.45) is 1.94. The number of benzene rings is 1. The van der Waals surface area contributed by atoms with Crippen LogP contribution in [0.15, 0.2) is 24.3 Å². The molecule has 2 saturated heterocycles. The van der Waals surface area contributed by atoms with E-state index in [9.17, 15) is 13.6 Å². The third-order valence-corrected chi connectivity index (χ3v) is 5.25. The topological polar surface area (TPSA) is 20.3 Å². The fourth-order valence-corrected chi connectivity index (χ4v) is 3.81. The number of amides is 1. The van der Waals surface area contributed by atoms with E-state index in [1.165, 1.54) is 6.92 Å². The molecule has 2 aliphatic heterocycles. The van der Waals surface area contributed by atoms with Crippen LogP contribution in [0, 0.1) is 12.3 Å². The van der Waals surface area contributed by atoms with Crippen molar-refractivity contribution in [2.45, 2.75) is 58.0 Å². The predicted octanol–water partition coefficient (Wildman–Crippen LogP) is 4.09. The molecular weight excluding hydrogens is 272 g/mol. The van der Waals surface area contributed by atoms with E-state index in [1.807, 2.05) is 25.1 Å². The van der Waals surface area contributed by atoms with E-state index in [1.54, 1.807) is 4.90 Å². The van der Waals surface area contributed by atoms with Crippen molar-refractivity contribution in [1.82, 2.24) is 4.90 Å². The molecule has 0 saturated carbocycles. The highest BCUT2D eigenvalue weighted by Gasteiger charge is 2.62. The van der Waals surface area contributed by atoms with Gasteiger partial charge in [-0.05, 0) is 38.7 Å². The lowest BCUT2D eigenvalue weighted by Gasteiger charge is -2.31. The van der Waals surface area contributed by atoms with Gasteiger partial charge in [-0.2, -0.15) is 0 Å². The first-order chi connectivity index (χ1) is 9.74. The van der Waals surface area contributed by atoms with Gasteiger partial charge in [0.1, 0.15) is 5.41 Å². The molecule has 2 heterocycles. The van der Waals surface area contributed by atoms with E-state index in [-0.39, 0.29) is 24.4 Å². The smallest absolute Gasteiger partial charge is 0.259 e. The van der Waals surface area contributed by atoms with Gasteiger partial charge in [-0.1, -0.05) is 29.8 Å². The zero-order chi connectivity index (χ0) is 15.4. The number of nitrogens with zero attached hydrogens (tertiary/aromatic N) is 1. The molecule has 2 aliphatic rings. The minimum Gasteiger partial charge on any atom is -0.332 e. The van der Waals surface area contributed by atoms with Gasteiger partial charge in [0.15, 0.2) is 0 Å². The average molecular weight is 293 g/mol. The minimum atomic E-state index is -2.98. The Morgan fingerprint density at radius 1 is 1.33 bits per heavy atom. The molecule has 1 aromatic rings. The lowest BCUT2D eigenvalue weighted by atomic mass is 9.80. The van der Waals surface area contributed by atoms with Gasteiger partial charge in [0.05, 0.1) is 6.04 Å². The Hall–Kier alpha value is -1.45. The average Bonchev–Trinajstić information content (AvgIpc) is 2.89. The summed E-state index contributed by atoms with van der Waals surface area (Å²) < 4.78 is 27.8. The molecule has 21 heavy (non-hydrogen) atoms. The van der Waals surface area contributed by atoms with E-state index in [4.69, 9.17) is 0 Å². The number of fused-ring (bicyclic) bond motifs is 1. The van der Waals surface area contributed by atoms with Crippen molar-refractivity contribution in [3.8, 4) is 0 Å². The second-order valence-corrected chi connectivity index (χ2v) is 6.80. The Balaban J connectivity index is 1.95. The number of hydrogen-bond acceptors (Lipinski definition) is 1. The molecule has 3 atom stereocenters. The Morgan fingerprint density at radius 2 is 2.05 bits per heavy atom. The number of halogens is 2. The summed E-state index contributed by atoms with van der Waals surface area (Å²) >= 11 is 0. The highest BCUT2D eigenvalue weighted by Crippen LogP contribution is 2.54. The maximum Gasteiger partial charge on any atom is 0.259 e. The van der Waals surface area contributed by atoms with Crippen molar-refractivity contribution in [3.05, 3.63) is 35.4 Å². The SMILES string of the molecule is Cc1cccc(C2CC[C@H]3CC(C)(C(C)(F)F)C(=O)N23)c1. The first-order valence-corrected chi connectivity index (χ1v) is 7.51. The Bertz CT molecular complexity index is 580. The molecule has 2 unspecified atom stereocenters. The third kappa shape index (κ3) is 2.07. The summed E-state index contributed by atoms with van der Waals surface area (Å²) in [4.78, 5) is 14.4. The van der Waals surface area contributed by atoms with Crippen LogP contribution < -0.4 is 0 Å². The number of carbonyl (C=O) groups is 1. The molecule has 114 valence electrons. The van der Waals surface area contributed by atoms with Crippen molar-refractivity contribution >= 4 is 5.91 Å². The van der Waals surface area contributed by atoms with E-state index >= 15 is 0 Å². The van der Waals surface area contributed by atoms with Gasteiger partial charge >= 0.3 is 0 Å². The standard InChI is InChI=1S/C17H21F2NO/c1-11-5-4-6-12(9-11)14-8-7-13-10-16(2,17(3,18)19)15(21)20(13)14/h4-6,9,13-14H,7-8,10H2,1-3H3/t13-,14?,16?/m0/s1. The molecule has 0 aromatic heterocycles. The normalized spacial score (nSPS) is 32.6. The summed E-state index contributed by atoms with van der Waals surface area (Å²) in [5.41, 5.74) is 0.640. The maximum absolute atomic E-state index is 13.9. The summed E-state index contributed by atoms with van der Waals surface area (Å²) in [6.45, 7) is 4.29. The van der Waals surface area contributed by atoms with E-state index < -0.39 is 11.3 Å². The second-order valence-electron chi connectivity index (χ2n) is 6.80. The van der Waals surface area contributed by atoms with Gasteiger partial charge < -0.3 is 4.90 Å². The van der Waals surface area contributed by atoms with Gasteiger partial charge in [-0.15, -0.1) is 0 Å². The summed E-state index contributed by atoms with van der Waals surface area (Å²) in [6, 6.07) is 7.93. The molecule has 0 radical (unpaired) electrons. The van der Waals surface area contributed by atoms with Crippen LogP contribution in [0.4, 0.5) is 8.78 Å². The number of hydrogen-bond donors (Lipinski definition) is 0. The molecule has 2 fully saturated rings. The van der Waals surface area contributed by atoms with E-state index in [2.05, 4.69) is 6.07 Å². The van der Waals surface area contributed by atoms with Gasteiger partial charge in [-0.25, -0.2) is 8.78 Å². The highest BCUT2D eigenvalue weighted by molar-refractivity contribution is 5.87. The molecule has 3 rings (SSSR count). The zero-order valence-corrected chi connectivity index (χ0v) is 12.7. The Kier molecular flexibility index (Phi) is 3.12. The van der Waals surface area contributed by atoms with Gasteiger partial charge in [-0.3, -0.25) is 4.79 Å². The Labute approximate surface area is 124 Å². The quantitative estimate of drug-likeness (QED) is 0.804. The fraction of sp³-hybridized carbons (Fsp3) is 0.588. The van der Waals surface area contributed by atoms with Crippen molar-refractivity contribution in [3.63, 3.8) is 0 Å². The lowest BCUT2D eigenvalue weighted by molar-refractivity contribution is -0.156.